The molecule has 0 aromatic carbocycles. The Morgan fingerprint density at radius 2 is 2.06 bits per heavy atom. The van der Waals surface area contributed by atoms with Crippen LogP contribution in [0.15, 0.2) is 10.6 Å². The van der Waals surface area contributed by atoms with Gasteiger partial charge in [-0.1, -0.05) is 5.16 Å². The van der Waals surface area contributed by atoms with Gasteiger partial charge in [0.05, 0.1) is 0 Å². The van der Waals surface area contributed by atoms with Crippen LogP contribution in [-0.2, 0) is 9.59 Å². The summed E-state index contributed by atoms with van der Waals surface area (Å²) in [4.78, 5) is 24.6. The van der Waals surface area contributed by atoms with E-state index in [1.165, 1.54) is 11.8 Å². The molecule has 6 heteroatoms. The Balaban J connectivity index is 2.76. The Morgan fingerprint density at radius 3 is 2.44 bits per heavy atom. The van der Waals surface area contributed by atoms with Gasteiger partial charge in [0, 0.05) is 18.5 Å². The number of nitrogens with zero attached hydrogens (tertiary/aromatic N) is 2. The summed E-state index contributed by atoms with van der Waals surface area (Å²) in [5.74, 6) is 0.447. The summed E-state index contributed by atoms with van der Waals surface area (Å²) in [6, 6.07) is 1.62. The molecule has 0 aliphatic heterocycles. The molecule has 18 heavy (non-hydrogen) atoms. The fraction of sp³-hybridized carbons (Fsp3) is 0.583. The van der Waals surface area contributed by atoms with Gasteiger partial charge in [-0.15, -0.1) is 0 Å². The zero-order valence-electron chi connectivity index (χ0n) is 11.4. The summed E-state index contributed by atoms with van der Waals surface area (Å²) in [5, 5.41) is 6.53. The normalized spacial score (nSPS) is 11.2. The van der Waals surface area contributed by atoms with Crippen molar-refractivity contribution in [2.45, 2.75) is 40.2 Å². The Kier molecular flexibility index (Phi) is 4.11. The average molecular weight is 253 g/mol. The third-order valence-electron chi connectivity index (χ3n) is 2.09. The maximum Gasteiger partial charge on any atom is 0.240 e. The van der Waals surface area contributed by atoms with Gasteiger partial charge < -0.3 is 9.84 Å². The quantitative estimate of drug-likeness (QED) is 0.879. The van der Waals surface area contributed by atoms with Crippen molar-refractivity contribution >= 4 is 17.6 Å². The van der Waals surface area contributed by atoms with E-state index in [2.05, 4.69) is 10.5 Å². The first-order chi connectivity index (χ1) is 8.19. The first-order valence-electron chi connectivity index (χ1n) is 5.71. The number of amides is 2. The summed E-state index contributed by atoms with van der Waals surface area (Å²) in [6.07, 6.45) is 0. The maximum atomic E-state index is 11.8. The molecule has 1 aromatic heterocycles. The van der Waals surface area contributed by atoms with Crippen molar-refractivity contribution in [3.8, 4) is 0 Å². The second-order valence-electron chi connectivity index (χ2n) is 5.20. The number of aromatic nitrogens is 1. The van der Waals surface area contributed by atoms with Crippen LogP contribution in [0, 0.1) is 6.92 Å². The van der Waals surface area contributed by atoms with Crippen LogP contribution in [0.4, 0.5) is 5.82 Å². The lowest BCUT2D eigenvalue weighted by molar-refractivity contribution is -0.124. The highest BCUT2D eigenvalue weighted by molar-refractivity contribution is 5.96. The van der Waals surface area contributed by atoms with Gasteiger partial charge in [-0.2, -0.15) is 0 Å². The summed E-state index contributed by atoms with van der Waals surface area (Å²) in [6.45, 7) is 8.67. The topological polar surface area (TPSA) is 75.4 Å². The van der Waals surface area contributed by atoms with Crippen LogP contribution in [0.25, 0.3) is 0 Å². The summed E-state index contributed by atoms with van der Waals surface area (Å²) >= 11 is 0. The number of hydrogen-bond donors (Lipinski definition) is 1. The molecule has 0 aliphatic carbocycles. The van der Waals surface area contributed by atoms with E-state index in [9.17, 15) is 9.59 Å². The fourth-order valence-corrected chi connectivity index (χ4v) is 1.44. The number of hydrogen-bond acceptors (Lipinski definition) is 4. The summed E-state index contributed by atoms with van der Waals surface area (Å²) in [7, 11) is 0. The van der Waals surface area contributed by atoms with Gasteiger partial charge in [-0.3, -0.25) is 14.5 Å². The molecule has 0 bridgehead atoms. The van der Waals surface area contributed by atoms with Crippen molar-refractivity contribution in [2.75, 3.05) is 11.4 Å². The van der Waals surface area contributed by atoms with Crippen molar-refractivity contribution in [1.29, 1.82) is 0 Å². The highest BCUT2D eigenvalue weighted by Gasteiger charge is 2.21. The van der Waals surface area contributed by atoms with Crippen LogP contribution in [0.5, 0.6) is 0 Å². The maximum absolute atomic E-state index is 11.8. The van der Waals surface area contributed by atoms with Gasteiger partial charge in [-0.05, 0) is 27.7 Å². The van der Waals surface area contributed by atoms with Gasteiger partial charge >= 0.3 is 0 Å². The minimum Gasteiger partial charge on any atom is -0.360 e. The standard InChI is InChI=1S/C12H19N3O3/c1-8-6-10(14-18-8)15(9(2)16)7-11(17)13-12(3,4)5/h6H,7H2,1-5H3,(H,13,17). The molecule has 100 valence electrons. The monoisotopic (exact) mass is 253 g/mol. The van der Waals surface area contributed by atoms with Crippen LogP contribution in [0.1, 0.15) is 33.5 Å². The first kappa shape index (κ1) is 14.2. The fourth-order valence-electron chi connectivity index (χ4n) is 1.44. The van der Waals surface area contributed by atoms with E-state index in [4.69, 9.17) is 4.52 Å². The molecule has 0 atom stereocenters. The Bertz CT molecular complexity index is 446. The molecule has 1 aromatic rings. The third kappa shape index (κ3) is 4.20. The molecule has 1 N–H and O–H groups in total. The number of anilines is 1. The average Bonchev–Trinajstić information content (AvgIpc) is 2.57. The van der Waals surface area contributed by atoms with Crippen LogP contribution in [-0.4, -0.2) is 29.1 Å². The molecule has 6 nitrogen and oxygen atoms in total. The lowest BCUT2D eigenvalue weighted by Crippen LogP contribution is -2.47. The van der Waals surface area contributed by atoms with Crippen LogP contribution < -0.4 is 10.2 Å². The largest absolute Gasteiger partial charge is 0.360 e. The van der Waals surface area contributed by atoms with Crippen molar-refractivity contribution in [2.24, 2.45) is 0 Å². The molecule has 0 unspecified atom stereocenters. The lowest BCUT2D eigenvalue weighted by atomic mass is 10.1. The van der Waals surface area contributed by atoms with Crippen molar-refractivity contribution < 1.29 is 14.1 Å². The molecule has 0 aliphatic rings. The predicted molar refractivity (Wildman–Crippen MR) is 67.2 cm³/mol. The second-order valence-corrected chi connectivity index (χ2v) is 5.20. The highest BCUT2D eigenvalue weighted by atomic mass is 16.5. The molecule has 0 saturated heterocycles. The van der Waals surface area contributed by atoms with Gasteiger partial charge in [0.25, 0.3) is 0 Å². The second kappa shape index (κ2) is 5.20. The minimum absolute atomic E-state index is 0.0709. The number of aryl methyl sites for hydroxylation is 1. The SMILES string of the molecule is CC(=O)N(CC(=O)NC(C)(C)C)c1cc(C)on1. The summed E-state index contributed by atoms with van der Waals surface area (Å²) < 4.78 is 4.90. The number of carbonyl (C=O) groups is 2. The van der Waals surface area contributed by atoms with Crippen molar-refractivity contribution in [3.63, 3.8) is 0 Å². The molecule has 1 heterocycles. The lowest BCUT2D eigenvalue weighted by Gasteiger charge is -2.23. The van der Waals surface area contributed by atoms with Crippen LogP contribution in [0.3, 0.4) is 0 Å². The number of nitrogens with one attached hydrogen (secondary N) is 1. The molecule has 0 fully saturated rings. The van der Waals surface area contributed by atoms with E-state index >= 15 is 0 Å². The minimum atomic E-state index is -0.334. The van der Waals surface area contributed by atoms with Crippen molar-refractivity contribution in [3.05, 3.63) is 11.8 Å². The molecule has 0 saturated carbocycles. The highest BCUT2D eigenvalue weighted by Crippen LogP contribution is 2.13. The van der Waals surface area contributed by atoms with Crippen LogP contribution >= 0.6 is 0 Å². The van der Waals surface area contributed by atoms with E-state index in [0.29, 0.717) is 11.6 Å². The van der Waals surface area contributed by atoms with E-state index in [0.717, 1.165) is 0 Å². The zero-order valence-corrected chi connectivity index (χ0v) is 11.4. The van der Waals surface area contributed by atoms with Gasteiger partial charge in [0.15, 0.2) is 5.82 Å². The Morgan fingerprint density at radius 1 is 1.44 bits per heavy atom. The summed E-state index contributed by atoms with van der Waals surface area (Å²) in [5.41, 5.74) is -0.334. The Hall–Kier alpha value is -1.85. The molecule has 0 spiro atoms. The van der Waals surface area contributed by atoms with E-state index in [1.54, 1.807) is 13.0 Å². The van der Waals surface area contributed by atoms with E-state index < -0.39 is 0 Å². The van der Waals surface area contributed by atoms with E-state index in [-0.39, 0.29) is 23.9 Å². The Labute approximate surface area is 106 Å². The first-order valence-corrected chi connectivity index (χ1v) is 5.71. The molecule has 2 amide bonds. The van der Waals surface area contributed by atoms with Crippen molar-refractivity contribution in [1.82, 2.24) is 10.5 Å². The number of rotatable bonds is 3. The number of carbonyl (C=O) groups excluding carboxylic acids is 2. The zero-order chi connectivity index (χ0) is 13.9. The molecular formula is C12H19N3O3. The predicted octanol–water partition coefficient (Wildman–Crippen LogP) is 1.25. The van der Waals surface area contributed by atoms with Gasteiger partial charge in [0.1, 0.15) is 12.3 Å². The van der Waals surface area contributed by atoms with Gasteiger partial charge in [0.2, 0.25) is 11.8 Å². The van der Waals surface area contributed by atoms with Crippen LogP contribution in [0.2, 0.25) is 0 Å². The molecule has 0 radical (unpaired) electrons. The molecule has 1 rings (SSSR count). The molecular weight excluding hydrogens is 234 g/mol. The van der Waals surface area contributed by atoms with Gasteiger partial charge in [-0.25, -0.2) is 0 Å². The third-order valence-corrected chi connectivity index (χ3v) is 2.09. The smallest absolute Gasteiger partial charge is 0.240 e. The van der Waals surface area contributed by atoms with E-state index in [1.807, 2.05) is 20.8 Å².